The molecule has 3 rings (SSSR count). The zero-order valence-electron chi connectivity index (χ0n) is 15.4. The zero-order chi connectivity index (χ0) is 18.7. The molecule has 2 heterocycles. The Morgan fingerprint density at radius 1 is 1.31 bits per heavy atom. The number of aliphatic hydroxyl groups excluding tert-OH is 2. The van der Waals surface area contributed by atoms with Crippen molar-refractivity contribution in [2.75, 3.05) is 19.7 Å². The van der Waals surface area contributed by atoms with Crippen LogP contribution in [0.5, 0.6) is 0 Å². The van der Waals surface area contributed by atoms with Crippen LogP contribution in [-0.4, -0.2) is 51.8 Å². The molecule has 5 heteroatoms. The van der Waals surface area contributed by atoms with Crippen LogP contribution in [0.4, 0.5) is 0 Å². The fraction of sp³-hybridized carbons (Fsp3) is 0.429. The van der Waals surface area contributed by atoms with E-state index in [1.165, 1.54) is 0 Å². The second-order valence-corrected chi connectivity index (χ2v) is 7.34. The van der Waals surface area contributed by atoms with Crippen molar-refractivity contribution in [3.8, 4) is 0 Å². The third-order valence-electron chi connectivity index (χ3n) is 5.47. The number of amides is 1. The van der Waals surface area contributed by atoms with E-state index in [4.69, 9.17) is 0 Å². The summed E-state index contributed by atoms with van der Waals surface area (Å²) in [5.74, 6) is -0.0987. The summed E-state index contributed by atoms with van der Waals surface area (Å²) in [6, 6.07) is 11.7. The first-order valence-electron chi connectivity index (χ1n) is 9.00. The number of aliphatic hydroxyl groups is 2. The molecule has 1 aliphatic rings. The number of rotatable bonds is 4. The summed E-state index contributed by atoms with van der Waals surface area (Å²) in [5, 5.41) is 20.7. The van der Waals surface area contributed by atoms with Gasteiger partial charge in [-0.15, -0.1) is 0 Å². The van der Waals surface area contributed by atoms with Crippen molar-refractivity contribution in [3.63, 3.8) is 0 Å². The highest BCUT2D eigenvalue weighted by atomic mass is 16.3. The second-order valence-electron chi connectivity index (χ2n) is 7.34. The van der Waals surface area contributed by atoms with Crippen LogP contribution in [-0.2, 0) is 6.42 Å². The smallest absolute Gasteiger partial charge is 0.255 e. The predicted molar refractivity (Wildman–Crippen MR) is 99.9 cm³/mol. The highest BCUT2D eigenvalue weighted by molar-refractivity contribution is 5.94. The Kier molecular flexibility index (Phi) is 5.39. The zero-order valence-corrected chi connectivity index (χ0v) is 15.4. The standard InChI is InChI=1S/C21H26N2O3/c1-15-10-18(12-22-16(15)2)20(26)23-9-8-19(25)21(13-23,14-24)11-17-6-4-3-5-7-17/h3-7,10,12,19,24-25H,8-9,11,13-14H2,1-2H3/t19-,21+/m0/s1. The Morgan fingerprint density at radius 3 is 2.69 bits per heavy atom. The molecule has 5 nitrogen and oxygen atoms in total. The molecule has 2 atom stereocenters. The molecule has 1 amide bonds. The second kappa shape index (κ2) is 7.56. The van der Waals surface area contributed by atoms with Crippen LogP contribution in [0.25, 0.3) is 0 Å². The van der Waals surface area contributed by atoms with Gasteiger partial charge in [0.05, 0.1) is 18.3 Å². The summed E-state index contributed by atoms with van der Waals surface area (Å²) in [6.07, 6.45) is 1.94. The van der Waals surface area contributed by atoms with Gasteiger partial charge in [0.15, 0.2) is 0 Å². The molecule has 1 saturated heterocycles. The number of nitrogens with zero attached hydrogens (tertiary/aromatic N) is 2. The molecule has 1 fully saturated rings. The minimum Gasteiger partial charge on any atom is -0.396 e. The van der Waals surface area contributed by atoms with E-state index in [1.54, 1.807) is 11.1 Å². The van der Waals surface area contributed by atoms with Gasteiger partial charge < -0.3 is 15.1 Å². The summed E-state index contributed by atoms with van der Waals surface area (Å²) in [6.45, 7) is 4.48. The topological polar surface area (TPSA) is 73.7 Å². The van der Waals surface area contributed by atoms with Crippen LogP contribution in [0.2, 0.25) is 0 Å². The number of carbonyl (C=O) groups is 1. The lowest BCUT2D eigenvalue weighted by atomic mass is 9.73. The summed E-state index contributed by atoms with van der Waals surface area (Å²) >= 11 is 0. The average Bonchev–Trinajstić information content (AvgIpc) is 2.66. The summed E-state index contributed by atoms with van der Waals surface area (Å²) < 4.78 is 0. The summed E-state index contributed by atoms with van der Waals surface area (Å²) in [4.78, 5) is 19.0. The van der Waals surface area contributed by atoms with E-state index in [2.05, 4.69) is 4.98 Å². The van der Waals surface area contributed by atoms with Gasteiger partial charge in [0, 0.05) is 30.4 Å². The first-order valence-corrected chi connectivity index (χ1v) is 9.00. The molecule has 0 aliphatic carbocycles. The maximum Gasteiger partial charge on any atom is 0.255 e. The van der Waals surface area contributed by atoms with Gasteiger partial charge in [-0.3, -0.25) is 9.78 Å². The van der Waals surface area contributed by atoms with Crippen LogP contribution in [0.15, 0.2) is 42.6 Å². The van der Waals surface area contributed by atoms with Crippen LogP contribution < -0.4 is 0 Å². The van der Waals surface area contributed by atoms with Crippen molar-refractivity contribution in [3.05, 3.63) is 65.0 Å². The molecule has 1 aromatic heterocycles. The molecule has 0 radical (unpaired) electrons. The van der Waals surface area contributed by atoms with Crippen molar-refractivity contribution in [1.82, 2.24) is 9.88 Å². The molecule has 1 aliphatic heterocycles. The van der Waals surface area contributed by atoms with Crippen molar-refractivity contribution < 1.29 is 15.0 Å². The van der Waals surface area contributed by atoms with E-state index in [0.717, 1.165) is 16.8 Å². The van der Waals surface area contributed by atoms with Gasteiger partial charge in [-0.25, -0.2) is 0 Å². The van der Waals surface area contributed by atoms with Gasteiger partial charge in [0.1, 0.15) is 0 Å². The minimum atomic E-state index is -0.748. The number of pyridine rings is 1. The van der Waals surface area contributed by atoms with E-state index < -0.39 is 11.5 Å². The minimum absolute atomic E-state index is 0.0987. The van der Waals surface area contributed by atoms with Gasteiger partial charge in [0.25, 0.3) is 5.91 Å². The molecular formula is C21H26N2O3. The van der Waals surface area contributed by atoms with Gasteiger partial charge in [-0.1, -0.05) is 30.3 Å². The highest BCUT2D eigenvalue weighted by Gasteiger charge is 2.43. The normalized spacial score (nSPS) is 23.1. The van der Waals surface area contributed by atoms with Gasteiger partial charge in [-0.05, 0) is 43.9 Å². The number of benzene rings is 1. The predicted octanol–water partition coefficient (Wildman–Crippen LogP) is 2.13. The lowest BCUT2D eigenvalue weighted by Gasteiger charge is -2.45. The van der Waals surface area contributed by atoms with Gasteiger partial charge in [-0.2, -0.15) is 0 Å². The number of hydrogen-bond acceptors (Lipinski definition) is 4. The average molecular weight is 354 g/mol. The first-order chi connectivity index (χ1) is 12.4. The van der Waals surface area contributed by atoms with Crippen LogP contribution in [0.1, 0.15) is 33.6 Å². The SMILES string of the molecule is Cc1cc(C(=O)N2CC[C@H](O)[C@](CO)(Cc3ccccc3)C2)cnc1C. The van der Waals surface area contributed by atoms with Gasteiger partial charge in [0.2, 0.25) is 0 Å². The molecular weight excluding hydrogens is 328 g/mol. The van der Waals surface area contributed by atoms with Crippen molar-refractivity contribution >= 4 is 5.91 Å². The van der Waals surface area contributed by atoms with Gasteiger partial charge >= 0.3 is 0 Å². The number of piperidine rings is 1. The van der Waals surface area contributed by atoms with E-state index in [-0.39, 0.29) is 12.5 Å². The Morgan fingerprint density at radius 2 is 2.04 bits per heavy atom. The largest absolute Gasteiger partial charge is 0.396 e. The van der Waals surface area contributed by atoms with Crippen LogP contribution >= 0.6 is 0 Å². The Hall–Kier alpha value is -2.24. The third-order valence-corrected chi connectivity index (χ3v) is 5.47. The number of carbonyl (C=O) groups excluding carboxylic acids is 1. The Balaban J connectivity index is 1.83. The quantitative estimate of drug-likeness (QED) is 0.882. The summed E-state index contributed by atoms with van der Waals surface area (Å²) in [5.41, 5.74) is 2.73. The maximum absolute atomic E-state index is 12.9. The highest BCUT2D eigenvalue weighted by Crippen LogP contribution is 2.34. The summed E-state index contributed by atoms with van der Waals surface area (Å²) in [7, 11) is 0. The molecule has 1 aromatic carbocycles. The fourth-order valence-electron chi connectivity index (χ4n) is 3.65. The van der Waals surface area contributed by atoms with E-state index in [1.807, 2.05) is 50.2 Å². The molecule has 0 spiro atoms. The molecule has 2 aromatic rings. The number of hydrogen-bond donors (Lipinski definition) is 2. The number of aromatic nitrogens is 1. The van der Waals surface area contributed by atoms with Crippen molar-refractivity contribution in [1.29, 1.82) is 0 Å². The van der Waals surface area contributed by atoms with Crippen molar-refractivity contribution in [2.45, 2.75) is 32.8 Å². The molecule has 138 valence electrons. The third kappa shape index (κ3) is 3.64. The first kappa shape index (κ1) is 18.5. The number of likely N-dealkylation sites (tertiary alicyclic amines) is 1. The Bertz CT molecular complexity index is 778. The monoisotopic (exact) mass is 354 g/mol. The van der Waals surface area contributed by atoms with E-state index in [0.29, 0.717) is 31.5 Å². The molecule has 26 heavy (non-hydrogen) atoms. The lowest BCUT2D eigenvalue weighted by molar-refractivity contribution is -0.0668. The lowest BCUT2D eigenvalue weighted by Crippen LogP contribution is -2.56. The van der Waals surface area contributed by atoms with E-state index in [9.17, 15) is 15.0 Å². The number of aryl methyl sites for hydroxylation is 2. The van der Waals surface area contributed by atoms with Crippen LogP contribution in [0, 0.1) is 19.3 Å². The molecule has 0 bridgehead atoms. The fourth-order valence-corrected chi connectivity index (χ4v) is 3.65. The Labute approximate surface area is 154 Å². The van der Waals surface area contributed by atoms with Crippen LogP contribution in [0.3, 0.4) is 0 Å². The van der Waals surface area contributed by atoms with Crippen molar-refractivity contribution in [2.24, 2.45) is 5.41 Å². The maximum atomic E-state index is 12.9. The molecule has 0 unspecified atom stereocenters. The van der Waals surface area contributed by atoms with E-state index >= 15 is 0 Å². The molecule has 2 N–H and O–H groups in total. The molecule has 0 saturated carbocycles.